The molecule has 0 saturated carbocycles. The maximum atomic E-state index is 13.2. The summed E-state index contributed by atoms with van der Waals surface area (Å²) in [7, 11) is 3.90. The molecule has 1 aliphatic heterocycles. The summed E-state index contributed by atoms with van der Waals surface area (Å²) in [6.45, 7) is 4.01. The number of aliphatic hydroxyl groups excluding tert-OH is 1. The van der Waals surface area contributed by atoms with Crippen LogP contribution >= 0.6 is 0 Å². The number of nitrogens with zero attached hydrogens (tertiary/aromatic N) is 3. The first-order valence-electron chi connectivity index (χ1n) is 10.8. The minimum absolute atomic E-state index is 0.107. The van der Waals surface area contributed by atoms with Gasteiger partial charge in [-0.25, -0.2) is 0 Å². The molecule has 1 atom stereocenters. The van der Waals surface area contributed by atoms with Crippen molar-refractivity contribution in [1.29, 1.82) is 0 Å². The lowest BCUT2D eigenvalue weighted by Crippen LogP contribution is -2.29. The molecule has 0 aliphatic carbocycles. The first kappa shape index (κ1) is 22.3. The Kier molecular flexibility index (Phi) is 6.01. The van der Waals surface area contributed by atoms with Crippen molar-refractivity contribution in [1.82, 2.24) is 9.88 Å². The molecule has 1 amide bonds. The largest absolute Gasteiger partial charge is 0.507 e. The first-order valence-corrected chi connectivity index (χ1v) is 10.8. The second kappa shape index (κ2) is 8.90. The van der Waals surface area contributed by atoms with Crippen LogP contribution in [-0.2, 0) is 16.1 Å². The molecular formula is C27H27N3O3. The van der Waals surface area contributed by atoms with Crippen LogP contribution in [0.25, 0.3) is 5.76 Å². The van der Waals surface area contributed by atoms with Crippen LogP contribution in [0.3, 0.4) is 0 Å². The van der Waals surface area contributed by atoms with Crippen LogP contribution in [0, 0.1) is 13.8 Å². The van der Waals surface area contributed by atoms with E-state index in [4.69, 9.17) is 0 Å². The standard InChI is InChI=1S/C27H27N3O3/c1-17-7-8-18(2)22(14-17)25(31)23-24(20-9-11-21(12-10-20)29(3)4)30(27(33)26(23)32)16-19-6-5-13-28-15-19/h5-15,24,31H,16H2,1-4H3. The molecule has 2 heterocycles. The summed E-state index contributed by atoms with van der Waals surface area (Å²) in [4.78, 5) is 34.0. The molecule has 3 aromatic rings. The zero-order valence-corrected chi connectivity index (χ0v) is 19.2. The van der Waals surface area contributed by atoms with Gasteiger partial charge in [-0.05, 0) is 54.8 Å². The van der Waals surface area contributed by atoms with Gasteiger partial charge in [-0.1, -0.05) is 35.9 Å². The van der Waals surface area contributed by atoms with Gasteiger partial charge in [-0.2, -0.15) is 0 Å². The molecule has 1 unspecified atom stereocenters. The predicted molar refractivity (Wildman–Crippen MR) is 129 cm³/mol. The summed E-state index contributed by atoms with van der Waals surface area (Å²) in [5, 5.41) is 11.3. The molecular weight excluding hydrogens is 414 g/mol. The minimum atomic E-state index is -0.707. The van der Waals surface area contributed by atoms with Gasteiger partial charge in [0, 0.05) is 44.3 Å². The fourth-order valence-electron chi connectivity index (χ4n) is 4.17. The predicted octanol–water partition coefficient (Wildman–Crippen LogP) is 4.39. The van der Waals surface area contributed by atoms with Gasteiger partial charge in [0.25, 0.3) is 11.7 Å². The number of hydrogen-bond donors (Lipinski definition) is 1. The van der Waals surface area contributed by atoms with Gasteiger partial charge in [0.15, 0.2) is 0 Å². The fourth-order valence-corrected chi connectivity index (χ4v) is 4.17. The quantitative estimate of drug-likeness (QED) is 0.361. The Hall–Kier alpha value is -3.93. The molecule has 0 bridgehead atoms. The second-order valence-corrected chi connectivity index (χ2v) is 8.59. The third kappa shape index (κ3) is 4.24. The molecule has 1 aliphatic rings. The molecule has 1 N–H and O–H groups in total. The van der Waals surface area contributed by atoms with Crippen molar-refractivity contribution in [2.24, 2.45) is 0 Å². The van der Waals surface area contributed by atoms with E-state index in [1.807, 2.05) is 81.4 Å². The minimum Gasteiger partial charge on any atom is -0.507 e. The van der Waals surface area contributed by atoms with E-state index in [1.165, 1.54) is 4.90 Å². The van der Waals surface area contributed by atoms with E-state index in [-0.39, 0.29) is 17.9 Å². The monoisotopic (exact) mass is 441 g/mol. The number of aliphatic hydroxyl groups is 1. The highest BCUT2D eigenvalue weighted by Crippen LogP contribution is 2.41. The van der Waals surface area contributed by atoms with Gasteiger partial charge in [0.1, 0.15) is 5.76 Å². The summed E-state index contributed by atoms with van der Waals surface area (Å²) in [6.07, 6.45) is 3.34. The Morgan fingerprint density at radius 1 is 1.06 bits per heavy atom. The molecule has 168 valence electrons. The normalized spacial score (nSPS) is 17.5. The lowest BCUT2D eigenvalue weighted by atomic mass is 9.93. The number of amides is 1. The van der Waals surface area contributed by atoms with E-state index in [1.54, 1.807) is 18.5 Å². The summed E-state index contributed by atoms with van der Waals surface area (Å²) in [5.41, 5.74) is 5.02. The summed E-state index contributed by atoms with van der Waals surface area (Å²) in [5.74, 6) is -1.46. The van der Waals surface area contributed by atoms with E-state index in [9.17, 15) is 14.7 Å². The van der Waals surface area contributed by atoms with E-state index >= 15 is 0 Å². The third-order valence-corrected chi connectivity index (χ3v) is 5.99. The molecule has 6 heteroatoms. The third-order valence-electron chi connectivity index (χ3n) is 5.99. The van der Waals surface area contributed by atoms with Crippen LogP contribution in [0.2, 0.25) is 0 Å². The highest BCUT2D eigenvalue weighted by atomic mass is 16.3. The van der Waals surface area contributed by atoms with E-state index in [0.717, 1.165) is 27.9 Å². The molecule has 4 rings (SSSR count). The lowest BCUT2D eigenvalue weighted by Gasteiger charge is -2.26. The Labute approximate surface area is 193 Å². The van der Waals surface area contributed by atoms with E-state index < -0.39 is 17.7 Å². The number of benzene rings is 2. The topological polar surface area (TPSA) is 73.7 Å². The van der Waals surface area contributed by atoms with Crippen molar-refractivity contribution in [2.75, 3.05) is 19.0 Å². The van der Waals surface area contributed by atoms with Crippen molar-refractivity contribution < 1.29 is 14.7 Å². The van der Waals surface area contributed by atoms with Gasteiger partial charge < -0.3 is 14.9 Å². The average molecular weight is 442 g/mol. The first-order chi connectivity index (χ1) is 15.8. The Balaban J connectivity index is 1.89. The zero-order chi connectivity index (χ0) is 23.7. The number of ketones is 1. The van der Waals surface area contributed by atoms with Crippen LogP contribution in [0.1, 0.15) is 33.9 Å². The molecule has 6 nitrogen and oxygen atoms in total. The Morgan fingerprint density at radius 2 is 1.79 bits per heavy atom. The molecule has 0 radical (unpaired) electrons. The molecule has 1 saturated heterocycles. The summed E-state index contributed by atoms with van der Waals surface area (Å²) >= 11 is 0. The van der Waals surface area contributed by atoms with Crippen molar-refractivity contribution in [2.45, 2.75) is 26.4 Å². The van der Waals surface area contributed by atoms with Crippen LogP contribution < -0.4 is 4.90 Å². The number of aryl methyl sites for hydroxylation is 2. The SMILES string of the molecule is Cc1ccc(C)c(C(O)=C2C(=O)C(=O)N(Cc3cccnc3)C2c2ccc(N(C)C)cc2)c1. The molecule has 1 fully saturated rings. The molecule has 1 aromatic heterocycles. The Morgan fingerprint density at radius 3 is 2.42 bits per heavy atom. The number of Topliss-reactive ketones (excluding diaryl/α,β-unsaturated/α-hetero) is 1. The van der Waals surface area contributed by atoms with Gasteiger partial charge in [0.2, 0.25) is 0 Å². The van der Waals surface area contributed by atoms with Gasteiger partial charge in [-0.15, -0.1) is 0 Å². The molecule has 2 aromatic carbocycles. The maximum Gasteiger partial charge on any atom is 0.295 e. The van der Waals surface area contributed by atoms with Crippen LogP contribution in [0.5, 0.6) is 0 Å². The fraction of sp³-hybridized carbons (Fsp3) is 0.222. The number of aromatic nitrogens is 1. The van der Waals surface area contributed by atoms with Crippen molar-refractivity contribution in [3.05, 3.63) is 100 Å². The number of rotatable bonds is 5. The van der Waals surface area contributed by atoms with Crippen molar-refractivity contribution in [3.8, 4) is 0 Å². The Bertz CT molecular complexity index is 1230. The number of hydrogen-bond acceptors (Lipinski definition) is 5. The van der Waals surface area contributed by atoms with Crippen LogP contribution in [0.4, 0.5) is 5.69 Å². The van der Waals surface area contributed by atoms with E-state index in [2.05, 4.69) is 4.98 Å². The summed E-state index contributed by atoms with van der Waals surface area (Å²) < 4.78 is 0. The highest BCUT2D eigenvalue weighted by Gasteiger charge is 2.46. The molecule has 0 spiro atoms. The lowest BCUT2D eigenvalue weighted by molar-refractivity contribution is -0.140. The smallest absolute Gasteiger partial charge is 0.295 e. The second-order valence-electron chi connectivity index (χ2n) is 8.59. The number of carbonyl (C=O) groups is 2. The molecule has 33 heavy (non-hydrogen) atoms. The number of pyridine rings is 1. The van der Waals surface area contributed by atoms with Crippen LogP contribution in [-0.4, -0.2) is 40.8 Å². The zero-order valence-electron chi connectivity index (χ0n) is 19.2. The number of carbonyl (C=O) groups excluding carboxylic acids is 2. The van der Waals surface area contributed by atoms with Gasteiger partial charge >= 0.3 is 0 Å². The average Bonchev–Trinajstić information content (AvgIpc) is 3.06. The van der Waals surface area contributed by atoms with Crippen molar-refractivity contribution in [3.63, 3.8) is 0 Å². The van der Waals surface area contributed by atoms with E-state index in [0.29, 0.717) is 5.56 Å². The summed E-state index contributed by atoms with van der Waals surface area (Å²) in [6, 6.07) is 16.3. The maximum absolute atomic E-state index is 13.2. The van der Waals surface area contributed by atoms with Gasteiger partial charge in [-0.3, -0.25) is 14.6 Å². The highest BCUT2D eigenvalue weighted by molar-refractivity contribution is 6.46. The number of anilines is 1. The number of likely N-dealkylation sites (tertiary alicyclic amines) is 1. The van der Waals surface area contributed by atoms with Crippen LogP contribution in [0.15, 0.2) is 72.6 Å². The van der Waals surface area contributed by atoms with Gasteiger partial charge in [0.05, 0.1) is 11.6 Å². The van der Waals surface area contributed by atoms with Crippen molar-refractivity contribution >= 4 is 23.1 Å².